The molecule has 0 unspecified atom stereocenters. The molecule has 1 N–H and O–H groups in total. The first-order valence-corrected chi connectivity index (χ1v) is 11.7. The quantitative estimate of drug-likeness (QED) is 0.352. The van der Waals surface area contributed by atoms with Crippen LogP contribution in [0.1, 0.15) is 12.5 Å². The van der Waals surface area contributed by atoms with Crippen LogP contribution in [0.4, 0.5) is 0 Å². The minimum absolute atomic E-state index is 0.0777. The minimum atomic E-state index is -0.701. The Hall–Kier alpha value is -4.65. The van der Waals surface area contributed by atoms with E-state index in [0.29, 0.717) is 17.7 Å². The van der Waals surface area contributed by atoms with Gasteiger partial charge in [0.25, 0.3) is 11.5 Å². The van der Waals surface area contributed by atoms with Crippen LogP contribution in [0, 0.1) is 0 Å². The van der Waals surface area contributed by atoms with Crippen molar-refractivity contribution in [1.82, 2.24) is 14.7 Å². The lowest BCUT2D eigenvalue weighted by molar-refractivity contribution is -0.127. The molecule has 0 aliphatic heterocycles. The van der Waals surface area contributed by atoms with Gasteiger partial charge in [-0.3, -0.25) is 19.0 Å². The predicted molar refractivity (Wildman–Crippen MR) is 140 cm³/mol. The highest BCUT2D eigenvalue weighted by molar-refractivity contribution is 6.18. The summed E-state index contributed by atoms with van der Waals surface area (Å²) in [6.07, 6.45) is 1.06. The van der Waals surface area contributed by atoms with E-state index in [9.17, 15) is 9.59 Å². The summed E-state index contributed by atoms with van der Waals surface area (Å²) in [6, 6.07) is 22.5. The van der Waals surface area contributed by atoms with Crippen LogP contribution < -0.4 is 20.3 Å². The molecule has 0 radical (unpaired) electrons. The van der Waals surface area contributed by atoms with Crippen LogP contribution in [0.5, 0.6) is 11.5 Å². The van der Waals surface area contributed by atoms with E-state index in [2.05, 4.69) is 10.3 Å². The average molecular weight is 478 g/mol. The van der Waals surface area contributed by atoms with E-state index in [4.69, 9.17) is 9.47 Å². The fourth-order valence-electron chi connectivity index (χ4n) is 4.76. The van der Waals surface area contributed by atoms with Gasteiger partial charge in [0.05, 0.1) is 23.7 Å². The van der Waals surface area contributed by atoms with E-state index in [0.717, 1.165) is 44.0 Å². The second-order valence-electron chi connectivity index (χ2n) is 8.75. The zero-order valence-electron chi connectivity index (χ0n) is 19.8. The number of aromatic nitrogens is 2. The van der Waals surface area contributed by atoms with Crippen LogP contribution in [0.3, 0.4) is 0 Å². The number of ether oxygens (including phenoxy) is 2. The Balaban J connectivity index is 1.31. The number of hydrogen-bond donors (Lipinski definition) is 1. The van der Waals surface area contributed by atoms with Crippen LogP contribution in [0.25, 0.3) is 38.1 Å². The highest BCUT2D eigenvalue weighted by Gasteiger charge is 2.19. The zero-order chi connectivity index (χ0) is 24.8. The number of hydrogen-bond acceptors (Lipinski definition) is 5. The lowest BCUT2D eigenvalue weighted by Crippen LogP contribution is -2.35. The summed E-state index contributed by atoms with van der Waals surface area (Å²) in [7, 11) is 1.62. The standard InChI is InChI=1S/C29H23N3O4/c1-17(28(33)31-16-18-7-9-19(35-2)10-8-18)36-20-11-12-25-24(15-20)22-13-14-30-26-21-5-3-4-6-23(21)29(34)32(25)27(22)26/h3-15,17H,16H2,1-2H3,(H,31,33)/t17-/m1/s1. The van der Waals surface area contributed by atoms with Gasteiger partial charge in [0.15, 0.2) is 6.10 Å². The number of carbonyl (C=O) groups excluding carboxylic acids is 1. The van der Waals surface area contributed by atoms with Crippen molar-refractivity contribution in [3.05, 3.63) is 94.9 Å². The zero-order valence-corrected chi connectivity index (χ0v) is 19.8. The minimum Gasteiger partial charge on any atom is -0.497 e. The first-order valence-electron chi connectivity index (χ1n) is 11.7. The normalized spacial score (nSPS) is 12.4. The third-order valence-corrected chi connectivity index (χ3v) is 6.57. The number of methoxy groups -OCH3 is 1. The lowest BCUT2D eigenvalue weighted by atomic mass is 10.1. The molecule has 0 aliphatic carbocycles. The van der Waals surface area contributed by atoms with E-state index in [1.54, 1.807) is 30.7 Å². The van der Waals surface area contributed by atoms with Crippen molar-refractivity contribution in [1.29, 1.82) is 0 Å². The summed E-state index contributed by atoms with van der Waals surface area (Å²) >= 11 is 0. The molecule has 0 saturated heterocycles. The number of pyridine rings is 2. The van der Waals surface area contributed by atoms with Crippen LogP contribution in [0.2, 0.25) is 0 Å². The molecule has 3 aromatic carbocycles. The smallest absolute Gasteiger partial charge is 0.263 e. The van der Waals surface area contributed by atoms with E-state index in [1.165, 1.54) is 0 Å². The summed E-state index contributed by atoms with van der Waals surface area (Å²) in [5.41, 5.74) is 3.24. The second-order valence-corrected chi connectivity index (χ2v) is 8.75. The van der Waals surface area contributed by atoms with Gasteiger partial charge in [0, 0.05) is 34.3 Å². The van der Waals surface area contributed by atoms with Gasteiger partial charge in [-0.25, -0.2) is 0 Å². The summed E-state index contributed by atoms with van der Waals surface area (Å²) < 4.78 is 12.9. The van der Waals surface area contributed by atoms with Crippen molar-refractivity contribution in [3.8, 4) is 11.5 Å². The maximum Gasteiger partial charge on any atom is 0.263 e. The molecule has 7 nitrogen and oxygen atoms in total. The van der Waals surface area contributed by atoms with E-state index in [1.807, 2.05) is 66.7 Å². The van der Waals surface area contributed by atoms with Gasteiger partial charge in [-0.1, -0.05) is 30.3 Å². The summed E-state index contributed by atoms with van der Waals surface area (Å²) in [6.45, 7) is 2.11. The monoisotopic (exact) mass is 477 g/mol. The Kier molecular flexibility index (Phi) is 5.18. The molecule has 36 heavy (non-hydrogen) atoms. The summed E-state index contributed by atoms with van der Waals surface area (Å²) in [5.74, 6) is 1.10. The number of nitrogens with one attached hydrogen (secondary N) is 1. The van der Waals surface area contributed by atoms with Crippen molar-refractivity contribution in [2.45, 2.75) is 19.6 Å². The largest absolute Gasteiger partial charge is 0.497 e. The maximum absolute atomic E-state index is 13.4. The Bertz CT molecular complexity index is 1810. The highest BCUT2D eigenvalue weighted by atomic mass is 16.5. The van der Waals surface area contributed by atoms with Gasteiger partial charge >= 0.3 is 0 Å². The summed E-state index contributed by atoms with van der Waals surface area (Å²) in [5, 5.41) is 6.16. The molecular formula is C29H23N3O4. The van der Waals surface area contributed by atoms with Gasteiger partial charge < -0.3 is 14.8 Å². The Labute approximate surface area is 206 Å². The third-order valence-electron chi connectivity index (χ3n) is 6.57. The fourth-order valence-corrected chi connectivity index (χ4v) is 4.76. The van der Waals surface area contributed by atoms with E-state index < -0.39 is 6.10 Å². The van der Waals surface area contributed by atoms with Gasteiger partial charge in [-0.05, 0) is 55.0 Å². The molecule has 0 aliphatic rings. The molecule has 7 heteroatoms. The first-order chi connectivity index (χ1) is 17.5. The number of carbonyl (C=O) groups is 1. The molecule has 3 aromatic heterocycles. The molecule has 178 valence electrons. The van der Waals surface area contributed by atoms with Crippen LogP contribution in [0.15, 0.2) is 83.8 Å². The average Bonchev–Trinajstić information content (AvgIpc) is 3.25. The van der Waals surface area contributed by atoms with E-state index >= 15 is 0 Å². The lowest BCUT2D eigenvalue weighted by Gasteiger charge is -2.15. The molecule has 0 fully saturated rings. The number of benzene rings is 3. The molecule has 0 spiro atoms. The molecule has 6 rings (SSSR count). The highest BCUT2D eigenvalue weighted by Crippen LogP contribution is 2.34. The van der Waals surface area contributed by atoms with Crippen molar-refractivity contribution in [3.63, 3.8) is 0 Å². The molecule has 0 bridgehead atoms. The van der Waals surface area contributed by atoms with Crippen molar-refractivity contribution in [2.75, 3.05) is 7.11 Å². The van der Waals surface area contributed by atoms with Crippen molar-refractivity contribution in [2.24, 2.45) is 0 Å². The van der Waals surface area contributed by atoms with Gasteiger partial charge in [0.2, 0.25) is 0 Å². The second kappa shape index (κ2) is 8.53. The molecule has 1 atom stereocenters. The van der Waals surface area contributed by atoms with Gasteiger partial charge in [-0.15, -0.1) is 0 Å². The van der Waals surface area contributed by atoms with Crippen molar-refractivity contribution < 1.29 is 14.3 Å². The number of amides is 1. The molecule has 1 amide bonds. The molecule has 3 heterocycles. The third kappa shape index (κ3) is 3.48. The molecule has 6 aromatic rings. The Morgan fingerprint density at radius 2 is 1.69 bits per heavy atom. The number of rotatable bonds is 6. The van der Waals surface area contributed by atoms with Crippen molar-refractivity contribution >= 4 is 44.0 Å². The molecule has 0 saturated carbocycles. The Morgan fingerprint density at radius 3 is 2.47 bits per heavy atom. The fraction of sp³-hybridized carbons (Fsp3) is 0.138. The predicted octanol–water partition coefficient (Wildman–Crippen LogP) is 4.68. The van der Waals surface area contributed by atoms with E-state index in [-0.39, 0.29) is 11.5 Å². The Morgan fingerprint density at radius 1 is 0.944 bits per heavy atom. The first kappa shape index (κ1) is 21.9. The summed E-state index contributed by atoms with van der Waals surface area (Å²) in [4.78, 5) is 30.7. The van der Waals surface area contributed by atoms with Crippen LogP contribution in [-0.4, -0.2) is 28.5 Å². The SMILES string of the molecule is COc1ccc(CNC(=O)[C@@H](C)Oc2ccc3c(c2)c2ccnc4c5ccccc5c(=O)n3c24)cc1. The number of nitrogens with zero attached hydrogens (tertiary/aromatic N) is 2. The topological polar surface area (TPSA) is 81.9 Å². The maximum atomic E-state index is 13.4. The number of fused-ring (bicyclic) bond motifs is 5. The van der Waals surface area contributed by atoms with Crippen LogP contribution >= 0.6 is 0 Å². The van der Waals surface area contributed by atoms with Crippen LogP contribution in [-0.2, 0) is 11.3 Å². The molecular weight excluding hydrogens is 454 g/mol. The van der Waals surface area contributed by atoms with Gasteiger partial charge in [-0.2, -0.15) is 0 Å². The van der Waals surface area contributed by atoms with Gasteiger partial charge in [0.1, 0.15) is 11.5 Å².